The van der Waals surface area contributed by atoms with E-state index < -0.39 is 0 Å². The summed E-state index contributed by atoms with van der Waals surface area (Å²) in [6, 6.07) is 23.9. The van der Waals surface area contributed by atoms with Crippen molar-refractivity contribution in [2.24, 2.45) is 0 Å². The molecule has 1 unspecified atom stereocenters. The Hall–Kier alpha value is -4.71. The van der Waals surface area contributed by atoms with Gasteiger partial charge in [-0.3, -0.25) is 9.78 Å². The number of nitrogens with one attached hydrogen (secondary N) is 3. The molecule has 0 aliphatic heterocycles. The zero-order chi connectivity index (χ0) is 22.6. The number of aromatic nitrogens is 4. The molecular formula is C28H19N5O. The number of benzene rings is 3. The van der Waals surface area contributed by atoms with Crippen LogP contribution in [-0.4, -0.2) is 25.8 Å². The van der Waals surface area contributed by atoms with Crippen LogP contribution in [-0.2, 0) is 0 Å². The van der Waals surface area contributed by atoms with Gasteiger partial charge in [-0.25, -0.2) is 4.98 Å². The number of aromatic amines is 2. The van der Waals surface area contributed by atoms with Crippen LogP contribution in [0, 0.1) is 0 Å². The van der Waals surface area contributed by atoms with Crippen LogP contribution >= 0.6 is 0 Å². The van der Waals surface area contributed by atoms with Crippen LogP contribution in [0.15, 0.2) is 91.4 Å². The van der Waals surface area contributed by atoms with E-state index in [-0.39, 0.29) is 11.9 Å². The van der Waals surface area contributed by atoms with Crippen LogP contribution in [0.25, 0.3) is 44.5 Å². The average Bonchev–Trinajstić information content (AvgIpc) is 3.58. The van der Waals surface area contributed by atoms with Crippen molar-refractivity contribution in [3.63, 3.8) is 0 Å². The van der Waals surface area contributed by atoms with E-state index in [0.29, 0.717) is 5.56 Å². The molecule has 6 aromatic rings. The fourth-order valence-corrected chi connectivity index (χ4v) is 5.06. The van der Waals surface area contributed by atoms with Crippen molar-refractivity contribution in [2.45, 2.75) is 6.04 Å². The van der Waals surface area contributed by atoms with Crippen LogP contribution in [0.2, 0.25) is 0 Å². The molecule has 3 aromatic carbocycles. The molecule has 34 heavy (non-hydrogen) atoms. The van der Waals surface area contributed by atoms with Crippen molar-refractivity contribution in [3.05, 3.63) is 108 Å². The zero-order valence-electron chi connectivity index (χ0n) is 18.0. The molecule has 7 rings (SSSR count). The average molecular weight is 441 g/mol. The van der Waals surface area contributed by atoms with Gasteiger partial charge in [-0.1, -0.05) is 60.7 Å². The lowest BCUT2D eigenvalue weighted by molar-refractivity contribution is 0.0945. The number of fused-ring (bicyclic) bond motifs is 5. The highest BCUT2D eigenvalue weighted by molar-refractivity contribution is 6.07. The number of carbonyl (C=O) groups excluding carboxylic acids is 1. The minimum absolute atomic E-state index is 0.106. The van der Waals surface area contributed by atoms with Crippen LogP contribution < -0.4 is 5.32 Å². The Kier molecular flexibility index (Phi) is 3.96. The number of para-hydroxylation sites is 1. The van der Waals surface area contributed by atoms with E-state index in [1.165, 1.54) is 0 Å². The second kappa shape index (κ2) is 7.15. The monoisotopic (exact) mass is 441 g/mol. The van der Waals surface area contributed by atoms with Crippen molar-refractivity contribution < 1.29 is 4.79 Å². The highest BCUT2D eigenvalue weighted by atomic mass is 16.1. The first-order chi connectivity index (χ1) is 16.8. The van der Waals surface area contributed by atoms with Crippen LogP contribution in [0.5, 0.6) is 0 Å². The first-order valence-corrected chi connectivity index (χ1v) is 11.2. The third-order valence-electron chi connectivity index (χ3n) is 6.60. The van der Waals surface area contributed by atoms with Gasteiger partial charge >= 0.3 is 0 Å². The molecule has 0 bridgehead atoms. The van der Waals surface area contributed by atoms with Gasteiger partial charge in [0.25, 0.3) is 5.91 Å². The summed E-state index contributed by atoms with van der Waals surface area (Å²) in [6.07, 6.45) is 5.31. The number of pyridine rings is 1. The Labute approximate surface area is 194 Å². The van der Waals surface area contributed by atoms with Gasteiger partial charge < -0.3 is 15.3 Å². The van der Waals surface area contributed by atoms with Crippen LogP contribution in [0.4, 0.5) is 0 Å². The molecular weight excluding hydrogens is 422 g/mol. The highest BCUT2D eigenvalue weighted by Gasteiger charge is 2.32. The standard InChI is InChI=1S/C28H19N5O/c34-28(21-14-30-22-11-4-3-6-16(21)22)33-26-18-8-2-1-7-17(18)25-19(26)9-5-10-20(25)27-31-23-12-13-29-15-24(23)32-27/h1-15,26,30H,(H,31,32)(H,33,34). The summed E-state index contributed by atoms with van der Waals surface area (Å²) in [6.45, 7) is 0. The largest absolute Gasteiger partial charge is 0.360 e. The highest BCUT2D eigenvalue weighted by Crippen LogP contribution is 2.47. The third kappa shape index (κ3) is 2.72. The third-order valence-corrected chi connectivity index (χ3v) is 6.60. The van der Waals surface area contributed by atoms with Crippen LogP contribution in [0.3, 0.4) is 0 Å². The van der Waals surface area contributed by atoms with Crippen molar-refractivity contribution in [1.82, 2.24) is 25.3 Å². The van der Waals surface area contributed by atoms with Gasteiger partial charge in [-0.05, 0) is 34.4 Å². The first kappa shape index (κ1) is 18.8. The summed E-state index contributed by atoms with van der Waals surface area (Å²) in [5, 5.41) is 4.20. The summed E-state index contributed by atoms with van der Waals surface area (Å²) in [5.41, 5.74) is 8.70. The topological polar surface area (TPSA) is 86.5 Å². The molecule has 0 spiro atoms. The number of H-pyrrole nitrogens is 2. The molecule has 3 aromatic heterocycles. The Balaban J connectivity index is 1.36. The molecule has 0 saturated heterocycles. The molecule has 3 heterocycles. The minimum atomic E-state index is -0.252. The van der Waals surface area contributed by atoms with E-state index in [1.807, 2.05) is 48.5 Å². The number of hydrogen-bond donors (Lipinski definition) is 3. The fourth-order valence-electron chi connectivity index (χ4n) is 5.06. The van der Waals surface area contributed by atoms with Gasteiger partial charge in [-0.15, -0.1) is 0 Å². The lowest BCUT2D eigenvalue weighted by atomic mass is 9.98. The van der Waals surface area contributed by atoms with E-state index in [4.69, 9.17) is 4.98 Å². The summed E-state index contributed by atoms with van der Waals surface area (Å²) in [7, 11) is 0. The molecule has 0 fully saturated rings. The lowest BCUT2D eigenvalue weighted by Gasteiger charge is -2.16. The van der Waals surface area contributed by atoms with Crippen molar-refractivity contribution >= 4 is 27.8 Å². The van der Waals surface area contributed by atoms with Gasteiger partial charge in [-0.2, -0.15) is 0 Å². The van der Waals surface area contributed by atoms with Gasteiger partial charge in [0.15, 0.2) is 0 Å². The van der Waals surface area contributed by atoms with E-state index in [1.54, 1.807) is 18.6 Å². The summed E-state index contributed by atoms with van der Waals surface area (Å²) < 4.78 is 0. The Morgan fingerprint density at radius 1 is 0.853 bits per heavy atom. The summed E-state index contributed by atoms with van der Waals surface area (Å²) in [4.78, 5) is 29.0. The second-order valence-electron chi connectivity index (χ2n) is 8.49. The van der Waals surface area contributed by atoms with Crippen molar-refractivity contribution in [3.8, 4) is 22.5 Å². The molecule has 1 atom stereocenters. The van der Waals surface area contributed by atoms with Crippen molar-refractivity contribution in [1.29, 1.82) is 0 Å². The van der Waals surface area contributed by atoms with E-state index in [9.17, 15) is 4.79 Å². The molecule has 1 amide bonds. The zero-order valence-corrected chi connectivity index (χ0v) is 18.0. The first-order valence-electron chi connectivity index (χ1n) is 11.2. The number of imidazole rings is 1. The van der Waals surface area contributed by atoms with Gasteiger partial charge in [0.2, 0.25) is 0 Å². The minimum Gasteiger partial charge on any atom is -0.360 e. The predicted molar refractivity (Wildman–Crippen MR) is 132 cm³/mol. The van der Waals surface area contributed by atoms with Crippen LogP contribution in [0.1, 0.15) is 27.5 Å². The van der Waals surface area contributed by atoms with Gasteiger partial charge in [0, 0.05) is 28.9 Å². The lowest BCUT2D eigenvalue weighted by Crippen LogP contribution is -2.27. The quantitative estimate of drug-likeness (QED) is 0.334. The second-order valence-corrected chi connectivity index (χ2v) is 8.49. The number of hydrogen-bond acceptors (Lipinski definition) is 3. The van der Waals surface area contributed by atoms with Gasteiger partial charge in [0.1, 0.15) is 5.82 Å². The summed E-state index contributed by atoms with van der Waals surface area (Å²) in [5.74, 6) is 0.684. The van der Waals surface area contributed by atoms with E-state index in [0.717, 1.165) is 55.6 Å². The maximum Gasteiger partial charge on any atom is 0.254 e. The van der Waals surface area contributed by atoms with E-state index in [2.05, 4.69) is 44.5 Å². The molecule has 1 aliphatic carbocycles. The Morgan fingerprint density at radius 3 is 2.62 bits per heavy atom. The number of nitrogens with zero attached hydrogens (tertiary/aromatic N) is 2. The molecule has 0 saturated carbocycles. The molecule has 162 valence electrons. The molecule has 6 nitrogen and oxygen atoms in total. The smallest absolute Gasteiger partial charge is 0.254 e. The number of rotatable bonds is 3. The van der Waals surface area contributed by atoms with E-state index >= 15 is 0 Å². The normalized spacial score (nSPS) is 14.3. The number of amides is 1. The predicted octanol–water partition coefficient (Wildman–Crippen LogP) is 5.61. The fraction of sp³-hybridized carbons (Fsp3) is 0.0357. The van der Waals surface area contributed by atoms with Crippen molar-refractivity contribution in [2.75, 3.05) is 0 Å². The molecule has 6 heteroatoms. The number of carbonyl (C=O) groups is 1. The molecule has 1 aliphatic rings. The maximum absolute atomic E-state index is 13.4. The molecule has 0 radical (unpaired) electrons. The van der Waals surface area contributed by atoms with Gasteiger partial charge in [0.05, 0.1) is 28.8 Å². The Morgan fingerprint density at radius 2 is 1.68 bits per heavy atom. The molecule has 3 N–H and O–H groups in total. The SMILES string of the molecule is O=C(NC1c2ccccc2-c2c(-c3nc4ccncc4[nH]3)cccc21)c1c[nH]c2ccccc12. The Bertz CT molecular complexity index is 1690. The summed E-state index contributed by atoms with van der Waals surface area (Å²) >= 11 is 0. The maximum atomic E-state index is 13.4.